The van der Waals surface area contributed by atoms with Crippen LogP contribution in [0.1, 0.15) is 39.5 Å². The van der Waals surface area contributed by atoms with Crippen LogP contribution in [0.4, 0.5) is 0 Å². The van der Waals surface area contributed by atoms with Gasteiger partial charge in [-0.15, -0.1) is 0 Å². The van der Waals surface area contributed by atoms with Gasteiger partial charge >= 0.3 is 0 Å². The van der Waals surface area contributed by atoms with Crippen molar-refractivity contribution in [1.82, 2.24) is 10.6 Å². The van der Waals surface area contributed by atoms with E-state index in [9.17, 15) is 13.2 Å². The smallest absolute Gasteiger partial charge is 0.241 e. The van der Waals surface area contributed by atoms with Gasteiger partial charge < -0.3 is 10.6 Å². The first kappa shape index (κ1) is 15.4. The summed E-state index contributed by atoms with van der Waals surface area (Å²) in [6, 6.07) is 0.615. The minimum absolute atomic E-state index is 0.100. The summed E-state index contributed by atoms with van der Waals surface area (Å²) in [7, 11) is -1.45. The summed E-state index contributed by atoms with van der Waals surface area (Å²) in [6.45, 7) is 2.91. The lowest BCUT2D eigenvalue weighted by atomic mass is 9.91. The van der Waals surface area contributed by atoms with Crippen molar-refractivity contribution in [3.63, 3.8) is 0 Å². The highest BCUT2D eigenvalue weighted by Gasteiger charge is 2.39. The molecule has 1 fully saturated rings. The molecule has 0 aromatic rings. The number of nitrogens with one attached hydrogen (secondary N) is 2. The van der Waals surface area contributed by atoms with Crippen LogP contribution < -0.4 is 10.6 Å². The lowest BCUT2D eigenvalue weighted by Gasteiger charge is -2.31. The van der Waals surface area contributed by atoms with Gasteiger partial charge in [-0.2, -0.15) is 0 Å². The Balaban J connectivity index is 2.57. The van der Waals surface area contributed by atoms with Crippen molar-refractivity contribution in [2.75, 3.05) is 13.3 Å². The minimum atomic E-state index is -3.39. The van der Waals surface area contributed by atoms with E-state index in [0.29, 0.717) is 6.04 Å². The van der Waals surface area contributed by atoms with Gasteiger partial charge in [0.25, 0.3) is 0 Å². The van der Waals surface area contributed by atoms with Gasteiger partial charge in [-0.05, 0) is 46.6 Å². The number of hydrogen-bond donors (Lipinski definition) is 2. The van der Waals surface area contributed by atoms with E-state index in [0.717, 1.165) is 31.9 Å². The van der Waals surface area contributed by atoms with E-state index >= 15 is 0 Å². The van der Waals surface area contributed by atoms with Crippen molar-refractivity contribution in [1.29, 1.82) is 0 Å². The van der Waals surface area contributed by atoms with Gasteiger partial charge in [0.1, 0.15) is 4.75 Å². The summed E-state index contributed by atoms with van der Waals surface area (Å²) in [5.74, 6) is -0.391. The van der Waals surface area contributed by atoms with E-state index in [-0.39, 0.29) is 6.04 Å². The molecule has 6 heteroatoms. The normalized spacial score (nSPS) is 25.8. The maximum Gasteiger partial charge on any atom is 0.241 e. The molecule has 0 radical (unpaired) electrons. The van der Waals surface area contributed by atoms with Crippen LogP contribution in [-0.2, 0) is 14.6 Å². The molecule has 5 nitrogen and oxygen atoms in total. The molecule has 0 aromatic carbocycles. The molecule has 2 N–H and O–H groups in total. The van der Waals surface area contributed by atoms with Gasteiger partial charge in [0.15, 0.2) is 9.84 Å². The van der Waals surface area contributed by atoms with Gasteiger partial charge in [0.05, 0.1) is 0 Å². The van der Waals surface area contributed by atoms with Crippen LogP contribution in [0, 0.1) is 0 Å². The van der Waals surface area contributed by atoms with Crippen molar-refractivity contribution in [3.8, 4) is 0 Å². The Morgan fingerprint density at radius 2 is 1.56 bits per heavy atom. The van der Waals surface area contributed by atoms with E-state index in [1.807, 2.05) is 7.05 Å². The zero-order chi connectivity index (χ0) is 14.0. The summed E-state index contributed by atoms with van der Waals surface area (Å²) in [5, 5.41) is 6.09. The first-order valence-corrected chi connectivity index (χ1v) is 8.25. The molecular formula is C12H24N2O3S. The molecule has 0 heterocycles. The maximum atomic E-state index is 12.0. The zero-order valence-corrected chi connectivity index (χ0v) is 12.4. The quantitative estimate of drug-likeness (QED) is 0.782. The molecule has 0 spiro atoms. The van der Waals surface area contributed by atoms with Crippen LogP contribution in [0.15, 0.2) is 0 Å². The van der Waals surface area contributed by atoms with Gasteiger partial charge in [-0.1, -0.05) is 0 Å². The zero-order valence-electron chi connectivity index (χ0n) is 11.6. The van der Waals surface area contributed by atoms with Crippen molar-refractivity contribution in [2.24, 2.45) is 0 Å². The Labute approximate surface area is 110 Å². The largest absolute Gasteiger partial charge is 0.352 e. The van der Waals surface area contributed by atoms with Crippen LogP contribution in [-0.4, -0.2) is 44.5 Å². The van der Waals surface area contributed by atoms with Crippen LogP contribution in [0.2, 0.25) is 0 Å². The third-order valence-corrected chi connectivity index (χ3v) is 5.98. The van der Waals surface area contributed by atoms with Crippen molar-refractivity contribution >= 4 is 15.7 Å². The molecule has 0 bridgehead atoms. The topological polar surface area (TPSA) is 75.3 Å². The second kappa shape index (κ2) is 5.57. The van der Waals surface area contributed by atoms with Gasteiger partial charge in [-0.3, -0.25) is 4.79 Å². The summed E-state index contributed by atoms with van der Waals surface area (Å²) >= 11 is 0. The fraction of sp³-hybridized carbons (Fsp3) is 0.917. The van der Waals surface area contributed by atoms with Crippen LogP contribution in [0.25, 0.3) is 0 Å². The highest BCUT2D eigenvalue weighted by Crippen LogP contribution is 2.21. The van der Waals surface area contributed by atoms with Crippen LogP contribution in [0.3, 0.4) is 0 Å². The van der Waals surface area contributed by atoms with Crippen molar-refractivity contribution in [2.45, 2.75) is 56.4 Å². The lowest BCUT2D eigenvalue weighted by Crippen LogP contribution is -2.52. The number of amides is 1. The molecular weight excluding hydrogens is 252 g/mol. The Hall–Kier alpha value is -0.620. The average Bonchev–Trinajstić information content (AvgIpc) is 2.28. The molecule has 0 aliphatic heterocycles. The van der Waals surface area contributed by atoms with Crippen molar-refractivity contribution in [3.05, 3.63) is 0 Å². The molecule has 0 unspecified atom stereocenters. The molecule has 1 aliphatic rings. The second-order valence-electron chi connectivity index (χ2n) is 5.59. The molecule has 1 rings (SSSR count). The molecule has 1 aliphatic carbocycles. The molecule has 0 atom stereocenters. The van der Waals surface area contributed by atoms with Gasteiger partial charge in [-0.25, -0.2) is 8.42 Å². The first-order chi connectivity index (χ1) is 8.18. The van der Waals surface area contributed by atoms with E-state index in [4.69, 9.17) is 0 Å². The van der Waals surface area contributed by atoms with Gasteiger partial charge in [0.2, 0.25) is 5.91 Å². The number of rotatable bonds is 4. The first-order valence-electron chi connectivity index (χ1n) is 6.36. The Morgan fingerprint density at radius 1 is 1.11 bits per heavy atom. The molecule has 1 saturated carbocycles. The number of hydrogen-bond acceptors (Lipinski definition) is 4. The molecule has 0 saturated heterocycles. The van der Waals surface area contributed by atoms with E-state index in [1.54, 1.807) is 0 Å². The van der Waals surface area contributed by atoms with E-state index in [2.05, 4.69) is 10.6 Å². The molecule has 0 aromatic heterocycles. The van der Waals surface area contributed by atoms with Crippen LogP contribution in [0.5, 0.6) is 0 Å². The average molecular weight is 276 g/mol. The second-order valence-corrected chi connectivity index (χ2v) is 8.16. The highest BCUT2D eigenvalue weighted by atomic mass is 32.2. The predicted molar refractivity (Wildman–Crippen MR) is 72.2 cm³/mol. The summed E-state index contributed by atoms with van der Waals surface area (Å²) < 4.78 is 21.8. The third-order valence-electron chi connectivity index (χ3n) is 3.94. The Bertz CT molecular complexity index is 396. The monoisotopic (exact) mass is 276 g/mol. The standard InChI is InChI=1S/C12H24N2O3S/c1-12(2,18(4,16)17)11(15)14-10-7-5-9(13-3)6-8-10/h9-10,13H,5-8H2,1-4H3,(H,14,15). The number of carbonyl (C=O) groups excluding carboxylic acids is 1. The Morgan fingerprint density at radius 3 is 1.94 bits per heavy atom. The summed E-state index contributed by atoms with van der Waals surface area (Å²) in [4.78, 5) is 12.0. The van der Waals surface area contributed by atoms with Gasteiger partial charge in [0, 0.05) is 18.3 Å². The predicted octanol–water partition coefficient (Wildman–Crippen LogP) is 0.456. The number of sulfone groups is 1. The highest BCUT2D eigenvalue weighted by molar-refractivity contribution is 7.92. The number of carbonyl (C=O) groups is 1. The fourth-order valence-electron chi connectivity index (χ4n) is 2.05. The third kappa shape index (κ3) is 3.45. The van der Waals surface area contributed by atoms with Crippen LogP contribution >= 0.6 is 0 Å². The molecule has 1 amide bonds. The van der Waals surface area contributed by atoms with E-state index in [1.165, 1.54) is 13.8 Å². The molecule has 18 heavy (non-hydrogen) atoms. The summed E-state index contributed by atoms with van der Waals surface area (Å²) in [5.41, 5.74) is 0. The minimum Gasteiger partial charge on any atom is -0.352 e. The summed E-state index contributed by atoms with van der Waals surface area (Å²) in [6.07, 6.45) is 4.93. The molecule has 106 valence electrons. The van der Waals surface area contributed by atoms with E-state index < -0.39 is 20.5 Å². The Kier molecular flexibility index (Phi) is 4.78. The lowest BCUT2D eigenvalue weighted by molar-refractivity contribution is -0.123. The maximum absolute atomic E-state index is 12.0. The fourth-order valence-corrected chi connectivity index (χ4v) is 2.45. The van der Waals surface area contributed by atoms with Crippen molar-refractivity contribution < 1.29 is 13.2 Å². The SMILES string of the molecule is CNC1CCC(NC(=O)C(C)(C)S(C)(=O)=O)CC1.